The average Bonchev–Trinajstić information content (AvgIpc) is 2.86. The zero-order valence-corrected chi connectivity index (χ0v) is 11.6. The molecule has 1 nitrogen and oxygen atoms in total. The minimum atomic E-state index is 0.837. The van der Waals surface area contributed by atoms with Crippen LogP contribution in [0.15, 0.2) is 15.9 Å². The smallest absolute Gasteiger partial charge is 0.0342 e. The van der Waals surface area contributed by atoms with Gasteiger partial charge in [-0.25, -0.2) is 0 Å². The summed E-state index contributed by atoms with van der Waals surface area (Å²) in [6.45, 7) is 4.58. The number of thiophene rings is 1. The SMILES string of the molecule is CCN(Cc1sccc1Br)C1CCCC1. The van der Waals surface area contributed by atoms with Crippen molar-refractivity contribution in [3.8, 4) is 0 Å². The molecule has 0 saturated heterocycles. The monoisotopic (exact) mass is 287 g/mol. The molecule has 1 aliphatic carbocycles. The first-order valence-electron chi connectivity index (χ1n) is 5.77. The standard InChI is InChI=1S/C12H18BrNS/c1-2-14(10-5-3-4-6-10)9-12-11(13)7-8-15-12/h7-8,10H,2-6,9H2,1H3. The van der Waals surface area contributed by atoms with E-state index < -0.39 is 0 Å². The van der Waals surface area contributed by atoms with Gasteiger partial charge < -0.3 is 0 Å². The van der Waals surface area contributed by atoms with E-state index in [0.29, 0.717) is 0 Å². The molecule has 0 N–H and O–H groups in total. The lowest BCUT2D eigenvalue weighted by Gasteiger charge is -2.26. The van der Waals surface area contributed by atoms with Crippen molar-refractivity contribution < 1.29 is 0 Å². The Balaban J connectivity index is 1.98. The normalized spacial score (nSPS) is 17.8. The molecular formula is C12H18BrNS. The van der Waals surface area contributed by atoms with E-state index >= 15 is 0 Å². The van der Waals surface area contributed by atoms with Crippen LogP contribution in [0, 0.1) is 0 Å². The second-order valence-corrected chi connectivity index (χ2v) is 6.05. The topological polar surface area (TPSA) is 3.24 Å². The minimum Gasteiger partial charge on any atom is -0.296 e. The molecule has 0 spiro atoms. The molecule has 15 heavy (non-hydrogen) atoms. The second-order valence-electron chi connectivity index (χ2n) is 4.19. The molecule has 1 aliphatic rings. The molecule has 0 aromatic carbocycles. The van der Waals surface area contributed by atoms with E-state index in [2.05, 4.69) is 39.2 Å². The predicted octanol–water partition coefficient (Wildman–Crippen LogP) is 4.28. The van der Waals surface area contributed by atoms with E-state index in [1.807, 2.05) is 11.3 Å². The van der Waals surface area contributed by atoms with Crippen LogP contribution in [0.4, 0.5) is 0 Å². The van der Waals surface area contributed by atoms with Crippen LogP contribution in [0.1, 0.15) is 37.5 Å². The summed E-state index contributed by atoms with van der Waals surface area (Å²) in [5, 5.41) is 2.17. The van der Waals surface area contributed by atoms with E-state index in [9.17, 15) is 0 Å². The zero-order chi connectivity index (χ0) is 10.7. The molecule has 2 rings (SSSR count). The fourth-order valence-corrected chi connectivity index (χ4v) is 3.89. The summed E-state index contributed by atoms with van der Waals surface area (Å²) >= 11 is 5.48. The van der Waals surface area contributed by atoms with E-state index in [1.54, 1.807) is 0 Å². The fourth-order valence-electron chi connectivity index (χ4n) is 2.39. The van der Waals surface area contributed by atoms with Gasteiger partial charge in [0.25, 0.3) is 0 Å². The summed E-state index contributed by atoms with van der Waals surface area (Å²) in [6, 6.07) is 2.99. The van der Waals surface area contributed by atoms with Gasteiger partial charge in [0.05, 0.1) is 0 Å². The van der Waals surface area contributed by atoms with E-state index in [4.69, 9.17) is 0 Å². The van der Waals surface area contributed by atoms with Gasteiger partial charge in [-0.15, -0.1) is 11.3 Å². The molecule has 0 radical (unpaired) electrons. The summed E-state index contributed by atoms with van der Waals surface area (Å²) in [5.41, 5.74) is 0. The van der Waals surface area contributed by atoms with Crippen LogP contribution >= 0.6 is 27.3 Å². The third-order valence-corrected chi connectivity index (χ3v) is 5.20. The van der Waals surface area contributed by atoms with Crippen LogP contribution < -0.4 is 0 Å². The van der Waals surface area contributed by atoms with Gasteiger partial charge >= 0.3 is 0 Å². The minimum absolute atomic E-state index is 0.837. The van der Waals surface area contributed by atoms with Gasteiger partial charge in [-0.1, -0.05) is 19.8 Å². The van der Waals surface area contributed by atoms with Crippen LogP contribution in [-0.2, 0) is 6.54 Å². The Morgan fingerprint density at radius 3 is 2.73 bits per heavy atom. The largest absolute Gasteiger partial charge is 0.296 e. The molecule has 1 aromatic rings. The van der Waals surface area contributed by atoms with Crippen molar-refractivity contribution in [3.05, 3.63) is 20.8 Å². The quantitative estimate of drug-likeness (QED) is 0.799. The number of nitrogens with zero attached hydrogens (tertiary/aromatic N) is 1. The van der Waals surface area contributed by atoms with Crippen molar-refractivity contribution in [2.45, 2.75) is 45.2 Å². The van der Waals surface area contributed by atoms with Gasteiger partial charge in [0.2, 0.25) is 0 Å². The molecule has 1 aromatic heterocycles. The Morgan fingerprint density at radius 2 is 2.20 bits per heavy atom. The molecule has 0 atom stereocenters. The summed E-state index contributed by atoms with van der Waals surface area (Å²) in [7, 11) is 0. The Morgan fingerprint density at radius 1 is 1.47 bits per heavy atom. The third-order valence-electron chi connectivity index (χ3n) is 3.29. The highest BCUT2D eigenvalue weighted by atomic mass is 79.9. The van der Waals surface area contributed by atoms with Crippen LogP contribution in [0.25, 0.3) is 0 Å². The Bertz CT molecular complexity index is 304. The van der Waals surface area contributed by atoms with Crippen molar-refractivity contribution in [3.63, 3.8) is 0 Å². The first kappa shape index (κ1) is 11.6. The van der Waals surface area contributed by atoms with Gasteiger partial charge in [0, 0.05) is 21.9 Å². The van der Waals surface area contributed by atoms with E-state index in [1.165, 1.54) is 41.6 Å². The van der Waals surface area contributed by atoms with Gasteiger partial charge in [-0.2, -0.15) is 0 Å². The summed E-state index contributed by atoms with van der Waals surface area (Å²) in [4.78, 5) is 4.10. The van der Waals surface area contributed by atoms with Gasteiger partial charge in [0.1, 0.15) is 0 Å². The van der Waals surface area contributed by atoms with Crippen LogP contribution in [0.5, 0.6) is 0 Å². The molecule has 84 valence electrons. The highest BCUT2D eigenvalue weighted by Gasteiger charge is 2.21. The van der Waals surface area contributed by atoms with Crippen LogP contribution in [-0.4, -0.2) is 17.5 Å². The lowest BCUT2D eigenvalue weighted by atomic mass is 10.2. The molecule has 1 fully saturated rings. The molecule has 1 heterocycles. The summed E-state index contributed by atoms with van der Waals surface area (Å²) < 4.78 is 1.28. The second kappa shape index (κ2) is 5.46. The number of hydrogen-bond acceptors (Lipinski definition) is 2. The Kier molecular flexibility index (Phi) is 4.23. The van der Waals surface area contributed by atoms with Gasteiger partial charge in [-0.05, 0) is 46.8 Å². The van der Waals surface area contributed by atoms with Crippen molar-refractivity contribution >= 4 is 27.3 Å². The molecular weight excluding hydrogens is 270 g/mol. The molecule has 3 heteroatoms. The maximum Gasteiger partial charge on any atom is 0.0342 e. The van der Waals surface area contributed by atoms with Crippen LogP contribution in [0.2, 0.25) is 0 Å². The number of rotatable bonds is 4. The average molecular weight is 288 g/mol. The molecule has 0 aliphatic heterocycles. The van der Waals surface area contributed by atoms with Crippen molar-refractivity contribution in [2.75, 3.05) is 6.54 Å². The van der Waals surface area contributed by atoms with Gasteiger partial charge in [-0.3, -0.25) is 4.90 Å². The zero-order valence-electron chi connectivity index (χ0n) is 9.21. The van der Waals surface area contributed by atoms with Crippen molar-refractivity contribution in [2.24, 2.45) is 0 Å². The number of hydrogen-bond donors (Lipinski definition) is 0. The van der Waals surface area contributed by atoms with Crippen molar-refractivity contribution in [1.29, 1.82) is 0 Å². The molecule has 1 saturated carbocycles. The maximum absolute atomic E-state index is 3.62. The molecule has 0 bridgehead atoms. The lowest BCUT2D eigenvalue weighted by molar-refractivity contribution is 0.202. The fraction of sp³-hybridized carbons (Fsp3) is 0.667. The maximum atomic E-state index is 3.62. The summed E-state index contributed by atoms with van der Waals surface area (Å²) in [5.74, 6) is 0. The molecule has 0 unspecified atom stereocenters. The molecule has 0 amide bonds. The van der Waals surface area contributed by atoms with Crippen LogP contribution in [0.3, 0.4) is 0 Å². The number of halogens is 1. The predicted molar refractivity (Wildman–Crippen MR) is 70.4 cm³/mol. The lowest BCUT2D eigenvalue weighted by Crippen LogP contribution is -2.32. The van der Waals surface area contributed by atoms with E-state index in [0.717, 1.165) is 12.6 Å². The van der Waals surface area contributed by atoms with Gasteiger partial charge in [0.15, 0.2) is 0 Å². The third kappa shape index (κ3) is 2.83. The first-order chi connectivity index (χ1) is 7.31. The van der Waals surface area contributed by atoms with E-state index in [-0.39, 0.29) is 0 Å². The first-order valence-corrected chi connectivity index (χ1v) is 7.44. The highest BCUT2D eigenvalue weighted by molar-refractivity contribution is 9.10. The Labute approximate surface area is 105 Å². The highest BCUT2D eigenvalue weighted by Crippen LogP contribution is 2.28. The Hall–Kier alpha value is 0.140. The van der Waals surface area contributed by atoms with Crippen molar-refractivity contribution in [1.82, 2.24) is 4.90 Å². The summed E-state index contributed by atoms with van der Waals surface area (Å²) in [6.07, 6.45) is 5.65.